The Morgan fingerprint density at radius 3 is 2.24 bits per heavy atom. The number of aliphatic carboxylic acids is 1. The average Bonchev–Trinajstić information content (AvgIpc) is 3.28. The molecule has 2 aromatic carbocycles. The zero-order valence-corrected chi connectivity index (χ0v) is 19.3. The molecule has 0 radical (unpaired) electrons. The van der Waals surface area contributed by atoms with Gasteiger partial charge in [-0.3, -0.25) is 9.69 Å². The molecule has 1 saturated carbocycles. The molecule has 1 saturated heterocycles. The van der Waals surface area contributed by atoms with Crippen LogP contribution < -0.4 is 4.90 Å². The Kier molecular flexibility index (Phi) is 6.39. The number of amides is 2. The predicted molar refractivity (Wildman–Crippen MR) is 131 cm³/mol. The van der Waals surface area contributed by atoms with Crippen molar-refractivity contribution in [2.75, 3.05) is 24.5 Å². The van der Waals surface area contributed by atoms with Crippen LogP contribution in [0.5, 0.6) is 0 Å². The molecule has 2 amide bonds. The number of carbonyl (C=O) groups is 2. The second-order valence-electron chi connectivity index (χ2n) is 10.0. The Morgan fingerprint density at radius 1 is 0.848 bits per heavy atom. The second-order valence-corrected chi connectivity index (χ2v) is 10.0. The third-order valence-corrected chi connectivity index (χ3v) is 7.86. The summed E-state index contributed by atoms with van der Waals surface area (Å²) in [4.78, 5) is 27.9. The third kappa shape index (κ3) is 4.78. The van der Waals surface area contributed by atoms with Crippen molar-refractivity contribution < 1.29 is 14.7 Å². The lowest BCUT2D eigenvalue weighted by Gasteiger charge is -2.31. The highest BCUT2D eigenvalue weighted by Gasteiger charge is 2.29. The number of carboxylic acid groups (broad SMARTS) is 1. The van der Waals surface area contributed by atoms with Crippen LogP contribution >= 0.6 is 0 Å². The maximum atomic E-state index is 13.0. The van der Waals surface area contributed by atoms with Gasteiger partial charge in [-0.05, 0) is 97.6 Å². The lowest BCUT2D eigenvalue weighted by Crippen LogP contribution is -2.44. The maximum Gasteiger partial charge on any atom is 0.324 e. The van der Waals surface area contributed by atoms with E-state index in [4.69, 9.17) is 5.11 Å². The summed E-state index contributed by atoms with van der Waals surface area (Å²) in [5.41, 5.74) is 6.12. The van der Waals surface area contributed by atoms with Gasteiger partial charge in [0.25, 0.3) is 0 Å². The van der Waals surface area contributed by atoms with Gasteiger partial charge in [0.1, 0.15) is 0 Å². The van der Waals surface area contributed by atoms with E-state index in [0.717, 1.165) is 70.3 Å². The summed E-state index contributed by atoms with van der Waals surface area (Å²) in [5, 5.41) is 9.03. The van der Waals surface area contributed by atoms with Gasteiger partial charge in [-0.1, -0.05) is 30.3 Å². The monoisotopic (exact) mass is 446 g/mol. The zero-order valence-electron chi connectivity index (χ0n) is 19.3. The van der Waals surface area contributed by atoms with Crippen molar-refractivity contribution in [3.05, 3.63) is 53.6 Å². The van der Waals surface area contributed by atoms with Crippen molar-refractivity contribution in [1.29, 1.82) is 0 Å². The molecule has 174 valence electrons. The second kappa shape index (κ2) is 9.58. The van der Waals surface area contributed by atoms with E-state index >= 15 is 0 Å². The van der Waals surface area contributed by atoms with Crippen LogP contribution in [0.15, 0.2) is 42.5 Å². The maximum absolute atomic E-state index is 13.0. The molecule has 5 nitrogen and oxygen atoms in total. The summed E-state index contributed by atoms with van der Waals surface area (Å²) in [5.74, 6) is 0.209. The molecule has 5 rings (SSSR count). The van der Waals surface area contributed by atoms with E-state index < -0.39 is 5.97 Å². The Bertz CT molecular complexity index is 1000. The molecular weight excluding hydrogens is 412 g/mol. The first-order valence-corrected chi connectivity index (χ1v) is 12.6. The number of nitrogens with zero attached hydrogens (tertiary/aromatic N) is 2. The molecule has 2 heterocycles. The molecule has 0 unspecified atom stereocenters. The average molecular weight is 447 g/mol. The first-order chi connectivity index (χ1) is 16.1. The highest BCUT2D eigenvalue weighted by molar-refractivity contribution is 5.94. The van der Waals surface area contributed by atoms with Crippen LogP contribution in [0.3, 0.4) is 0 Å². The molecule has 0 spiro atoms. The van der Waals surface area contributed by atoms with Crippen LogP contribution in [0.1, 0.15) is 68.4 Å². The fraction of sp³-hybridized carbons (Fsp3) is 0.500. The van der Waals surface area contributed by atoms with Gasteiger partial charge in [0, 0.05) is 31.7 Å². The lowest BCUT2D eigenvalue weighted by atomic mass is 9.77. The van der Waals surface area contributed by atoms with Crippen LogP contribution in [0.25, 0.3) is 11.1 Å². The van der Waals surface area contributed by atoms with Gasteiger partial charge in [-0.25, -0.2) is 4.79 Å². The van der Waals surface area contributed by atoms with Gasteiger partial charge in [-0.15, -0.1) is 0 Å². The Balaban J connectivity index is 1.24. The van der Waals surface area contributed by atoms with Crippen LogP contribution in [0, 0.1) is 5.92 Å². The van der Waals surface area contributed by atoms with Crippen molar-refractivity contribution in [3.63, 3.8) is 0 Å². The van der Waals surface area contributed by atoms with Crippen molar-refractivity contribution >= 4 is 17.7 Å². The standard InChI is InChI=1S/C28H34N2O3/c31-27(32)18-20-4-6-21(7-5-20)22-8-10-23(11-9-22)24-12-13-26-25(19-24)14-17-30(26)28(33)29-15-2-1-3-16-29/h8-13,19-21H,1-7,14-18H2,(H,31,32). The van der Waals surface area contributed by atoms with Crippen LogP contribution in [-0.2, 0) is 11.2 Å². The first kappa shape index (κ1) is 22.0. The number of carbonyl (C=O) groups excluding carboxylic acids is 1. The minimum Gasteiger partial charge on any atom is -0.481 e. The number of anilines is 1. The van der Waals surface area contributed by atoms with E-state index in [1.54, 1.807) is 0 Å². The molecule has 0 aromatic heterocycles. The van der Waals surface area contributed by atoms with Crippen molar-refractivity contribution in [2.24, 2.45) is 5.92 Å². The molecule has 0 bridgehead atoms. The van der Waals surface area contributed by atoms with Crippen molar-refractivity contribution in [2.45, 2.75) is 63.7 Å². The summed E-state index contributed by atoms with van der Waals surface area (Å²) in [6, 6.07) is 15.6. The summed E-state index contributed by atoms with van der Waals surface area (Å²) >= 11 is 0. The van der Waals surface area contributed by atoms with E-state index in [-0.39, 0.29) is 6.03 Å². The summed E-state index contributed by atoms with van der Waals surface area (Å²) in [6.45, 7) is 2.55. The molecule has 3 aliphatic rings. The normalized spacial score (nSPS) is 22.8. The molecule has 2 fully saturated rings. The summed E-state index contributed by atoms with van der Waals surface area (Å²) in [6.07, 6.45) is 8.87. The quantitative estimate of drug-likeness (QED) is 0.620. The fourth-order valence-corrected chi connectivity index (χ4v) is 5.93. The molecule has 2 aromatic rings. The van der Waals surface area contributed by atoms with Gasteiger partial charge in [-0.2, -0.15) is 0 Å². The van der Waals surface area contributed by atoms with Gasteiger partial charge < -0.3 is 10.0 Å². The van der Waals surface area contributed by atoms with Gasteiger partial charge >= 0.3 is 12.0 Å². The number of hydrogen-bond acceptors (Lipinski definition) is 2. The fourth-order valence-electron chi connectivity index (χ4n) is 5.93. The molecular formula is C28H34N2O3. The summed E-state index contributed by atoms with van der Waals surface area (Å²) < 4.78 is 0. The topological polar surface area (TPSA) is 60.9 Å². The van der Waals surface area contributed by atoms with E-state index in [2.05, 4.69) is 42.5 Å². The SMILES string of the molecule is O=C(O)CC1CCC(c2ccc(-c3ccc4c(c3)CCN4C(=O)N3CCCCC3)cc2)CC1. The zero-order chi connectivity index (χ0) is 22.8. The van der Waals surface area contributed by atoms with Gasteiger partial charge in [0.15, 0.2) is 0 Å². The van der Waals surface area contributed by atoms with Crippen molar-refractivity contribution in [3.8, 4) is 11.1 Å². The number of carboxylic acids is 1. The molecule has 5 heteroatoms. The Hall–Kier alpha value is -2.82. The smallest absolute Gasteiger partial charge is 0.324 e. The summed E-state index contributed by atoms with van der Waals surface area (Å²) in [7, 11) is 0. The number of urea groups is 1. The van der Waals surface area contributed by atoms with E-state index in [1.807, 2.05) is 9.80 Å². The molecule has 1 aliphatic carbocycles. The minimum atomic E-state index is -0.670. The lowest BCUT2D eigenvalue weighted by molar-refractivity contribution is -0.138. The number of hydrogen-bond donors (Lipinski definition) is 1. The Labute approximate surface area is 196 Å². The molecule has 33 heavy (non-hydrogen) atoms. The van der Waals surface area contributed by atoms with Gasteiger partial charge in [0.2, 0.25) is 0 Å². The Morgan fingerprint density at radius 2 is 1.55 bits per heavy atom. The van der Waals surface area contributed by atoms with E-state index in [1.165, 1.54) is 28.7 Å². The molecule has 1 N–H and O–H groups in total. The minimum absolute atomic E-state index is 0.170. The number of benzene rings is 2. The van der Waals surface area contributed by atoms with Crippen LogP contribution in [0.4, 0.5) is 10.5 Å². The third-order valence-electron chi connectivity index (χ3n) is 7.86. The number of likely N-dealkylation sites (tertiary alicyclic amines) is 1. The highest BCUT2D eigenvalue weighted by Crippen LogP contribution is 2.38. The first-order valence-electron chi connectivity index (χ1n) is 12.6. The predicted octanol–water partition coefficient (Wildman–Crippen LogP) is 6.07. The number of rotatable bonds is 4. The van der Waals surface area contributed by atoms with E-state index in [0.29, 0.717) is 18.3 Å². The molecule has 2 aliphatic heterocycles. The largest absolute Gasteiger partial charge is 0.481 e. The van der Waals surface area contributed by atoms with Crippen LogP contribution in [-0.4, -0.2) is 41.6 Å². The highest BCUT2D eigenvalue weighted by atomic mass is 16.4. The van der Waals surface area contributed by atoms with Crippen molar-refractivity contribution in [1.82, 2.24) is 4.90 Å². The van der Waals surface area contributed by atoms with Gasteiger partial charge in [0.05, 0.1) is 0 Å². The van der Waals surface area contributed by atoms with Crippen LogP contribution in [0.2, 0.25) is 0 Å². The number of piperidine rings is 1. The van der Waals surface area contributed by atoms with E-state index in [9.17, 15) is 9.59 Å². The molecule has 0 atom stereocenters. The number of fused-ring (bicyclic) bond motifs is 1.